The zero-order valence-electron chi connectivity index (χ0n) is 11.7. The molecule has 0 saturated carbocycles. The summed E-state index contributed by atoms with van der Waals surface area (Å²) >= 11 is 0. The van der Waals surface area contributed by atoms with Gasteiger partial charge < -0.3 is 4.42 Å². The smallest absolute Gasteiger partial charge is 0.202 e. The second-order valence-electron chi connectivity index (χ2n) is 4.77. The molecule has 0 saturated heterocycles. The molecular formula is C19H14O2. The molecule has 0 spiro atoms. The van der Waals surface area contributed by atoms with Crippen LogP contribution >= 0.6 is 0 Å². The Labute approximate surface area is 123 Å². The van der Waals surface area contributed by atoms with E-state index in [0.717, 1.165) is 5.56 Å². The minimum atomic E-state index is -0.0622. The predicted molar refractivity (Wildman–Crippen MR) is 85.2 cm³/mol. The highest BCUT2D eigenvalue weighted by atomic mass is 16.3. The summed E-state index contributed by atoms with van der Waals surface area (Å²) in [6.07, 6.45) is 6.16. The Morgan fingerprint density at radius 2 is 1.86 bits per heavy atom. The summed E-state index contributed by atoms with van der Waals surface area (Å²) < 4.78 is 5.92. The number of fused-ring (bicyclic) bond motifs is 1. The van der Waals surface area contributed by atoms with Gasteiger partial charge in [0.2, 0.25) is 5.43 Å². The standard InChI is InChI=1S/C19H14O2/c1-3-13-11-8-12-16-17(13)19(20)18(15(4-2)21-16)14-9-6-5-7-10-14/h1,5-12H,4H2,2H3. The minimum absolute atomic E-state index is 0.0622. The molecule has 0 bridgehead atoms. The predicted octanol–water partition coefficient (Wildman–Crippen LogP) is 4.00. The fraction of sp³-hybridized carbons (Fsp3) is 0.105. The van der Waals surface area contributed by atoms with Gasteiger partial charge in [-0.05, 0) is 17.7 Å². The van der Waals surface area contributed by atoms with Crippen LogP contribution in [0, 0.1) is 12.3 Å². The second-order valence-corrected chi connectivity index (χ2v) is 4.77. The lowest BCUT2D eigenvalue weighted by molar-refractivity contribution is 0.546. The Balaban J connectivity index is 2.47. The van der Waals surface area contributed by atoms with Gasteiger partial charge >= 0.3 is 0 Å². The maximum Gasteiger partial charge on any atom is 0.202 e. The molecule has 0 radical (unpaired) electrons. The molecule has 0 amide bonds. The van der Waals surface area contributed by atoms with Crippen molar-refractivity contribution in [1.29, 1.82) is 0 Å². The molecule has 0 atom stereocenters. The van der Waals surface area contributed by atoms with Crippen LogP contribution in [0.25, 0.3) is 22.1 Å². The summed E-state index contributed by atoms with van der Waals surface area (Å²) in [5.41, 5.74) is 2.52. The maximum atomic E-state index is 12.9. The summed E-state index contributed by atoms with van der Waals surface area (Å²) in [7, 11) is 0. The van der Waals surface area contributed by atoms with E-state index in [2.05, 4.69) is 5.92 Å². The lowest BCUT2D eigenvalue weighted by Crippen LogP contribution is -2.10. The van der Waals surface area contributed by atoms with Crippen molar-refractivity contribution >= 4 is 11.0 Å². The van der Waals surface area contributed by atoms with E-state index in [9.17, 15) is 4.79 Å². The lowest BCUT2D eigenvalue weighted by Gasteiger charge is -2.09. The Kier molecular flexibility index (Phi) is 3.33. The van der Waals surface area contributed by atoms with Gasteiger partial charge in [-0.3, -0.25) is 4.79 Å². The Hall–Kier alpha value is -2.79. The van der Waals surface area contributed by atoms with Crippen LogP contribution in [-0.4, -0.2) is 0 Å². The molecule has 21 heavy (non-hydrogen) atoms. The molecule has 0 aliphatic heterocycles. The van der Waals surface area contributed by atoms with Gasteiger partial charge in [0.05, 0.1) is 10.9 Å². The van der Waals surface area contributed by atoms with Crippen molar-refractivity contribution in [3.63, 3.8) is 0 Å². The molecule has 2 heteroatoms. The van der Waals surface area contributed by atoms with E-state index >= 15 is 0 Å². The first-order valence-electron chi connectivity index (χ1n) is 6.87. The van der Waals surface area contributed by atoms with Crippen LogP contribution in [0.15, 0.2) is 57.7 Å². The second kappa shape index (κ2) is 5.30. The summed E-state index contributed by atoms with van der Waals surface area (Å²) in [5, 5.41) is 0.482. The molecule has 2 nitrogen and oxygen atoms in total. The van der Waals surface area contributed by atoms with Gasteiger partial charge in [0.25, 0.3) is 0 Å². The molecule has 102 valence electrons. The molecule has 0 fully saturated rings. The van der Waals surface area contributed by atoms with Gasteiger partial charge in [-0.1, -0.05) is 49.2 Å². The number of aryl methyl sites for hydroxylation is 1. The third kappa shape index (κ3) is 2.13. The third-order valence-corrected chi connectivity index (χ3v) is 3.53. The molecule has 1 aromatic heterocycles. The highest BCUT2D eigenvalue weighted by molar-refractivity contribution is 5.87. The van der Waals surface area contributed by atoms with E-state index in [1.54, 1.807) is 12.1 Å². The topological polar surface area (TPSA) is 30.2 Å². The average Bonchev–Trinajstić information content (AvgIpc) is 2.54. The molecule has 2 aromatic carbocycles. The van der Waals surface area contributed by atoms with Crippen LogP contribution in [0.2, 0.25) is 0 Å². The maximum absolute atomic E-state index is 12.9. The van der Waals surface area contributed by atoms with Crippen molar-refractivity contribution in [2.24, 2.45) is 0 Å². The quantitative estimate of drug-likeness (QED) is 0.661. The van der Waals surface area contributed by atoms with Crippen molar-refractivity contribution in [2.45, 2.75) is 13.3 Å². The van der Waals surface area contributed by atoms with Gasteiger partial charge in [-0.2, -0.15) is 0 Å². The Bertz CT molecular complexity index is 896. The summed E-state index contributed by atoms with van der Waals surface area (Å²) in [6, 6.07) is 14.9. The molecule has 0 N–H and O–H groups in total. The highest BCUT2D eigenvalue weighted by Gasteiger charge is 2.16. The minimum Gasteiger partial charge on any atom is -0.460 e. The van der Waals surface area contributed by atoms with E-state index in [1.165, 1.54) is 0 Å². The third-order valence-electron chi connectivity index (χ3n) is 3.53. The van der Waals surface area contributed by atoms with Crippen LogP contribution in [0.3, 0.4) is 0 Å². The first-order valence-corrected chi connectivity index (χ1v) is 6.87. The molecule has 0 aliphatic carbocycles. The van der Waals surface area contributed by atoms with Gasteiger partial charge in [0.1, 0.15) is 11.3 Å². The summed E-state index contributed by atoms with van der Waals surface area (Å²) in [6.45, 7) is 1.97. The van der Waals surface area contributed by atoms with Crippen molar-refractivity contribution in [2.75, 3.05) is 0 Å². The first-order chi connectivity index (χ1) is 10.3. The zero-order valence-corrected chi connectivity index (χ0v) is 11.7. The van der Waals surface area contributed by atoms with E-state index < -0.39 is 0 Å². The number of hydrogen-bond acceptors (Lipinski definition) is 2. The van der Waals surface area contributed by atoms with E-state index in [1.807, 2.05) is 43.3 Å². The Morgan fingerprint density at radius 1 is 1.10 bits per heavy atom. The number of hydrogen-bond donors (Lipinski definition) is 0. The van der Waals surface area contributed by atoms with E-state index in [0.29, 0.717) is 34.3 Å². The largest absolute Gasteiger partial charge is 0.460 e. The van der Waals surface area contributed by atoms with Crippen LogP contribution in [0.1, 0.15) is 18.2 Å². The van der Waals surface area contributed by atoms with E-state index in [-0.39, 0.29) is 5.43 Å². The zero-order chi connectivity index (χ0) is 14.8. The van der Waals surface area contributed by atoms with Crippen LogP contribution in [0.5, 0.6) is 0 Å². The lowest BCUT2D eigenvalue weighted by atomic mass is 9.99. The van der Waals surface area contributed by atoms with E-state index in [4.69, 9.17) is 10.8 Å². The monoisotopic (exact) mass is 274 g/mol. The Morgan fingerprint density at radius 3 is 2.52 bits per heavy atom. The molecule has 1 heterocycles. The molecular weight excluding hydrogens is 260 g/mol. The van der Waals surface area contributed by atoms with Crippen molar-refractivity contribution < 1.29 is 4.42 Å². The van der Waals surface area contributed by atoms with Crippen LogP contribution in [-0.2, 0) is 6.42 Å². The number of benzene rings is 2. The van der Waals surface area contributed by atoms with Crippen molar-refractivity contribution in [3.05, 3.63) is 70.1 Å². The van der Waals surface area contributed by atoms with Crippen molar-refractivity contribution in [1.82, 2.24) is 0 Å². The fourth-order valence-corrected chi connectivity index (χ4v) is 2.55. The summed E-state index contributed by atoms with van der Waals surface area (Å²) in [5.74, 6) is 3.25. The SMILES string of the molecule is C#Cc1cccc2oc(CC)c(-c3ccccc3)c(=O)c12. The van der Waals surface area contributed by atoms with Crippen LogP contribution < -0.4 is 5.43 Å². The molecule has 3 aromatic rings. The average molecular weight is 274 g/mol. The van der Waals surface area contributed by atoms with Gasteiger partial charge in [0, 0.05) is 12.0 Å². The highest BCUT2D eigenvalue weighted by Crippen LogP contribution is 2.26. The first kappa shape index (κ1) is 13.2. The van der Waals surface area contributed by atoms with Crippen molar-refractivity contribution in [3.8, 4) is 23.5 Å². The van der Waals surface area contributed by atoms with Gasteiger partial charge in [-0.25, -0.2) is 0 Å². The van der Waals surface area contributed by atoms with Gasteiger partial charge in [-0.15, -0.1) is 6.42 Å². The molecule has 0 unspecified atom stereocenters. The molecule has 3 rings (SSSR count). The fourth-order valence-electron chi connectivity index (χ4n) is 2.55. The molecule has 0 aliphatic rings. The summed E-state index contributed by atoms with van der Waals surface area (Å²) in [4.78, 5) is 12.9. The number of terminal acetylenes is 1. The van der Waals surface area contributed by atoms with Gasteiger partial charge in [0.15, 0.2) is 0 Å². The number of rotatable bonds is 2. The van der Waals surface area contributed by atoms with Crippen LogP contribution in [0.4, 0.5) is 0 Å². The normalized spacial score (nSPS) is 10.5.